The molecule has 4 nitrogen and oxygen atoms in total. The minimum atomic E-state index is -0.0253. The van der Waals surface area contributed by atoms with E-state index in [4.69, 9.17) is 4.98 Å². The van der Waals surface area contributed by atoms with Gasteiger partial charge in [0.2, 0.25) is 0 Å². The molecule has 1 aromatic heterocycles. The van der Waals surface area contributed by atoms with E-state index >= 15 is 0 Å². The molecule has 2 aliphatic heterocycles. The van der Waals surface area contributed by atoms with Crippen molar-refractivity contribution in [3.05, 3.63) is 176 Å². The first kappa shape index (κ1) is 34.0. The summed E-state index contributed by atoms with van der Waals surface area (Å²) in [4.78, 5) is 13.7. The van der Waals surface area contributed by atoms with E-state index in [0.29, 0.717) is 0 Å². The summed E-state index contributed by atoms with van der Waals surface area (Å²) in [6.07, 6.45) is 1.93. The van der Waals surface area contributed by atoms with Crippen molar-refractivity contribution >= 4 is 51.7 Å². The number of rotatable bonds is 5. The minimum absolute atomic E-state index is 0. The summed E-state index contributed by atoms with van der Waals surface area (Å²) < 4.78 is 0. The summed E-state index contributed by atoms with van der Waals surface area (Å²) >= 11 is 1.67. The fraction of sp³-hybridized carbons (Fsp3) is 0.0870. The molecule has 258 valence electrons. The van der Waals surface area contributed by atoms with Crippen molar-refractivity contribution < 1.29 is 20.4 Å². The van der Waals surface area contributed by atoms with Crippen LogP contribution < -0.4 is 14.7 Å². The molecule has 0 atom stereocenters. The van der Waals surface area contributed by atoms with Crippen LogP contribution >= 0.6 is 11.8 Å². The number of benzene rings is 6. The average molecular weight is 782 g/mol. The zero-order chi connectivity index (χ0) is 34.5. The van der Waals surface area contributed by atoms with E-state index in [1.165, 1.54) is 22.3 Å². The molecule has 0 fully saturated rings. The summed E-state index contributed by atoms with van der Waals surface area (Å²) in [7, 11) is 0. The molecular weight excluding hydrogens is 747 g/mol. The van der Waals surface area contributed by atoms with Gasteiger partial charge in [-0.25, -0.2) is 4.98 Å². The van der Waals surface area contributed by atoms with Crippen LogP contribution in [-0.2, 0) is 25.8 Å². The van der Waals surface area contributed by atoms with E-state index in [2.05, 4.69) is 194 Å². The summed E-state index contributed by atoms with van der Waals surface area (Å²) in [5.74, 6) is 0.877. The van der Waals surface area contributed by atoms with Gasteiger partial charge in [-0.05, 0) is 59.0 Å². The van der Waals surface area contributed by atoms with Crippen molar-refractivity contribution in [2.45, 2.75) is 36.0 Å². The molecule has 0 N–H and O–H groups in total. The minimum Gasteiger partial charge on any atom is -0.493 e. The number of para-hydroxylation sites is 4. The number of hydrogen-bond acceptors (Lipinski definition) is 5. The molecule has 0 amide bonds. The smallest absolute Gasteiger partial charge is 0.135 e. The van der Waals surface area contributed by atoms with Gasteiger partial charge in [0.25, 0.3) is 0 Å². The van der Waals surface area contributed by atoms with Gasteiger partial charge in [0.15, 0.2) is 0 Å². The second kappa shape index (κ2) is 13.8. The summed E-state index contributed by atoms with van der Waals surface area (Å²) in [6, 6.07) is 59.0. The first-order chi connectivity index (χ1) is 24.9. The Hall–Kier alpha value is -5.12. The van der Waals surface area contributed by atoms with E-state index in [0.717, 1.165) is 55.3 Å². The van der Waals surface area contributed by atoms with E-state index in [1.807, 2.05) is 12.3 Å². The summed E-state index contributed by atoms with van der Waals surface area (Å²) in [5.41, 5.74) is 12.3. The molecule has 7 aromatic rings. The Bertz CT molecular complexity index is 2400. The van der Waals surface area contributed by atoms with Gasteiger partial charge in [-0.15, -0.1) is 57.7 Å². The van der Waals surface area contributed by atoms with Crippen LogP contribution in [0.1, 0.15) is 26.3 Å². The van der Waals surface area contributed by atoms with Crippen molar-refractivity contribution in [3.63, 3.8) is 0 Å². The number of fused-ring (bicyclic) bond motifs is 6. The maximum atomic E-state index is 4.97. The van der Waals surface area contributed by atoms with E-state index in [-0.39, 0.29) is 25.8 Å². The van der Waals surface area contributed by atoms with Crippen molar-refractivity contribution in [3.8, 4) is 22.3 Å². The Labute approximate surface area is 324 Å². The van der Waals surface area contributed by atoms with Gasteiger partial charge in [-0.1, -0.05) is 105 Å². The third-order valence-corrected chi connectivity index (χ3v) is 10.4. The number of aromatic nitrogens is 1. The Morgan fingerprint density at radius 3 is 1.96 bits per heavy atom. The average Bonchev–Trinajstić information content (AvgIpc) is 3.50. The van der Waals surface area contributed by atoms with Crippen LogP contribution in [0.15, 0.2) is 162 Å². The van der Waals surface area contributed by atoms with Gasteiger partial charge in [0, 0.05) is 49.2 Å². The standard InChI is InChI=1S/C46H35N4S.Pd/c1-46(2,3)32-26-27-47-45(28-32)50-41-21-10-9-20-39(41)37-18-7-8-19-38(37)40-25-24-36(30-44(40)50)51-35-17-13-16-34(29-35)49-31-48(33-14-5-4-6-15-33)42-22-11-12-23-43(42)49;/h4-28,31H,1-3H3;/q-3;. The van der Waals surface area contributed by atoms with Crippen LogP contribution in [0.5, 0.6) is 0 Å². The molecule has 0 bridgehead atoms. The largest absolute Gasteiger partial charge is 0.493 e. The molecule has 9 rings (SSSR count). The third kappa shape index (κ3) is 6.12. The van der Waals surface area contributed by atoms with Gasteiger partial charge in [0.1, 0.15) is 5.82 Å². The molecule has 0 aliphatic carbocycles. The van der Waals surface area contributed by atoms with Crippen molar-refractivity contribution in [2.24, 2.45) is 0 Å². The second-order valence-electron chi connectivity index (χ2n) is 13.8. The Morgan fingerprint density at radius 1 is 0.577 bits per heavy atom. The fourth-order valence-corrected chi connectivity index (χ4v) is 7.81. The first-order valence-electron chi connectivity index (χ1n) is 17.2. The van der Waals surface area contributed by atoms with Crippen molar-refractivity contribution in [2.75, 3.05) is 14.7 Å². The number of hydrogen-bond donors (Lipinski definition) is 0. The van der Waals surface area contributed by atoms with Crippen molar-refractivity contribution in [1.82, 2.24) is 4.98 Å². The maximum Gasteiger partial charge on any atom is 0.135 e. The number of anilines is 7. The monoisotopic (exact) mass is 781 g/mol. The van der Waals surface area contributed by atoms with Gasteiger partial charge < -0.3 is 14.7 Å². The number of nitrogens with zero attached hydrogens (tertiary/aromatic N) is 4. The number of pyridine rings is 1. The topological polar surface area (TPSA) is 22.6 Å². The molecule has 6 aromatic carbocycles. The third-order valence-electron chi connectivity index (χ3n) is 9.51. The van der Waals surface area contributed by atoms with Gasteiger partial charge >= 0.3 is 0 Å². The van der Waals surface area contributed by atoms with E-state index < -0.39 is 0 Å². The van der Waals surface area contributed by atoms with Crippen LogP contribution in [0.2, 0.25) is 0 Å². The van der Waals surface area contributed by atoms with Crippen molar-refractivity contribution in [1.29, 1.82) is 0 Å². The second-order valence-corrected chi connectivity index (χ2v) is 14.9. The molecule has 0 spiro atoms. The summed E-state index contributed by atoms with van der Waals surface area (Å²) in [6.45, 7) is 8.89. The van der Waals surface area contributed by atoms with Gasteiger partial charge in [-0.2, -0.15) is 24.3 Å². The molecule has 0 unspecified atom stereocenters. The maximum absolute atomic E-state index is 4.97. The zero-order valence-corrected chi connectivity index (χ0v) is 31.4. The van der Waals surface area contributed by atoms with Crippen LogP contribution in [-0.4, -0.2) is 4.98 Å². The van der Waals surface area contributed by atoms with E-state index in [1.54, 1.807) is 11.8 Å². The normalized spacial score (nSPS) is 13.0. The first-order valence-corrected chi connectivity index (χ1v) is 18.0. The van der Waals surface area contributed by atoms with Crippen LogP contribution in [0, 0.1) is 18.8 Å². The predicted molar refractivity (Wildman–Crippen MR) is 212 cm³/mol. The van der Waals surface area contributed by atoms with Crippen LogP contribution in [0.3, 0.4) is 0 Å². The van der Waals surface area contributed by atoms with Gasteiger partial charge in [-0.3, -0.25) is 0 Å². The van der Waals surface area contributed by atoms with Crippen LogP contribution in [0.25, 0.3) is 22.3 Å². The molecule has 6 heteroatoms. The Kier molecular flexibility index (Phi) is 9.01. The SMILES string of the molecule is CC(C)(C)c1ccnc(N2c3[c-]c(Sc4[c-]c(N5[CH-]N(c6ccccc6)c6ccccc65)ccc4)ccc3-c3ccccc3-c3ccccc32)c1.[Pd]. The Morgan fingerprint density at radius 2 is 1.21 bits per heavy atom. The van der Waals surface area contributed by atoms with Gasteiger partial charge in [0.05, 0.1) is 5.69 Å². The fourth-order valence-electron chi connectivity index (χ4n) is 6.98. The predicted octanol–water partition coefficient (Wildman–Crippen LogP) is 12.7. The Balaban J connectivity index is 0.00000387. The quantitative estimate of drug-likeness (QED) is 0.128. The molecule has 52 heavy (non-hydrogen) atoms. The molecule has 0 saturated carbocycles. The zero-order valence-electron chi connectivity index (χ0n) is 29.0. The molecule has 0 saturated heterocycles. The van der Waals surface area contributed by atoms with Crippen LogP contribution in [0.4, 0.5) is 39.9 Å². The molecule has 0 radical (unpaired) electrons. The molecule has 3 heterocycles. The molecular formula is C46H35N4PdS-3. The van der Waals surface area contributed by atoms with E-state index in [9.17, 15) is 0 Å². The summed E-state index contributed by atoms with van der Waals surface area (Å²) in [5, 5.41) is 0. The molecule has 2 aliphatic rings.